The molecule has 3 heterocycles. The largest absolute Gasteiger partial charge is 0.362 e. The van der Waals surface area contributed by atoms with Crippen LogP contribution in [0.4, 0.5) is 17.7 Å². The molecule has 0 radical (unpaired) electrons. The smallest absolute Gasteiger partial charge is 0.304 e. The summed E-state index contributed by atoms with van der Waals surface area (Å²) >= 11 is 0. The van der Waals surface area contributed by atoms with Crippen molar-refractivity contribution in [3.63, 3.8) is 0 Å². The minimum Gasteiger partial charge on any atom is -0.362 e. The van der Waals surface area contributed by atoms with E-state index in [0.29, 0.717) is 36.7 Å². The van der Waals surface area contributed by atoms with Gasteiger partial charge in [0.25, 0.3) is 0 Å². The second kappa shape index (κ2) is 15.3. The normalized spacial score (nSPS) is 11.5. The van der Waals surface area contributed by atoms with Gasteiger partial charge in [0, 0.05) is 19.3 Å². The summed E-state index contributed by atoms with van der Waals surface area (Å²) in [7, 11) is 0. The first-order chi connectivity index (χ1) is 20.5. The molecule has 0 saturated heterocycles. The maximum Gasteiger partial charge on any atom is 0.304 e. The molecule has 1 aromatic carbocycles. The average molecular weight is 583 g/mol. The first kappa shape index (κ1) is 31.0. The maximum atomic E-state index is 6.38. The zero-order valence-corrected chi connectivity index (χ0v) is 25.5. The van der Waals surface area contributed by atoms with E-state index in [2.05, 4.69) is 36.6 Å². The summed E-state index contributed by atoms with van der Waals surface area (Å²) < 4.78 is 22.0. The van der Waals surface area contributed by atoms with E-state index in [4.69, 9.17) is 30.8 Å². The van der Waals surface area contributed by atoms with Gasteiger partial charge in [0.05, 0.1) is 16.7 Å². The number of hydrogen-bond acceptors (Lipinski definition) is 9. The van der Waals surface area contributed by atoms with E-state index in [1.165, 1.54) is 19.3 Å². The Hall–Kier alpha value is -3.96. The van der Waals surface area contributed by atoms with Crippen LogP contribution in [0.15, 0.2) is 31.8 Å². The van der Waals surface area contributed by atoms with Crippen molar-refractivity contribution in [3.8, 4) is 33.8 Å². The highest BCUT2D eigenvalue weighted by Crippen LogP contribution is 2.35. The molecule has 12 nitrogen and oxygen atoms in total. The van der Waals surface area contributed by atoms with Gasteiger partial charge in [-0.25, -0.2) is 0 Å². The van der Waals surface area contributed by atoms with Crippen molar-refractivity contribution in [3.05, 3.63) is 18.2 Å². The molecule has 4 aromatic rings. The fourth-order valence-corrected chi connectivity index (χ4v) is 5.35. The number of aromatic nitrogens is 6. The van der Waals surface area contributed by atoms with Gasteiger partial charge in [0.2, 0.25) is 15.8 Å². The molecule has 42 heavy (non-hydrogen) atoms. The molecule has 0 aliphatic carbocycles. The molecule has 0 bridgehead atoms. The van der Waals surface area contributed by atoms with Crippen molar-refractivity contribution in [2.45, 2.75) is 117 Å². The van der Waals surface area contributed by atoms with Crippen LogP contribution in [0, 0.1) is 0 Å². The van der Waals surface area contributed by atoms with Crippen LogP contribution in [-0.4, -0.2) is 15.8 Å². The molecule has 0 atom stereocenters. The summed E-state index contributed by atoms with van der Waals surface area (Å²) in [6.45, 7) is 8.65. The van der Waals surface area contributed by atoms with Crippen LogP contribution in [0.25, 0.3) is 33.8 Å². The van der Waals surface area contributed by atoms with E-state index >= 15 is 0 Å². The number of nitrogen functional groups attached to an aromatic ring is 3. The van der Waals surface area contributed by atoms with Crippen LogP contribution in [0.5, 0.6) is 0 Å². The van der Waals surface area contributed by atoms with Crippen molar-refractivity contribution >= 4 is 17.7 Å². The number of benzene rings is 1. The van der Waals surface area contributed by atoms with Gasteiger partial charge < -0.3 is 17.2 Å². The highest BCUT2D eigenvalue weighted by molar-refractivity contribution is 5.81. The lowest BCUT2D eigenvalue weighted by atomic mass is 9.99. The minimum absolute atomic E-state index is 0.241. The quantitative estimate of drug-likeness (QED) is 0.108. The van der Waals surface area contributed by atoms with Gasteiger partial charge in [-0.15, -0.1) is 0 Å². The molecule has 0 spiro atoms. The summed E-state index contributed by atoms with van der Waals surface area (Å²) in [5, 5.41) is 12.8. The highest BCUT2D eigenvalue weighted by atomic mass is 16.5. The van der Waals surface area contributed by atoms with Crippen molar-refractivity contribution in [2.24, 2.45) is 0 Å². The third-order valence-electron chi connectivity index (χ3n) is 7.61. The Morgan fingerprint density at radius 1 is 0.476 bits per heavy atom. The molecule has 0 aliphatic heterocycles. The molecule has 0 aliphatic rings. The topological polar surface area (TPSA) is 168 Å². The van der Waals surface area contributed by atoms with Gasteiger partial charge in [-0.3, -0.25) is 13.6 Å². The molecule has 0 fully saturated rings. The Morgan fingerprint density at radius 3 is 1.02 bits per heavy atom. The van der Waals surface area contributed by atoms with E-state index in [0.717, 1.165) is 74.5 Å². The molecule has 6 N–H and O–H groups in total. The standard InChI is InChI=1S/C30H48N9O3/c1-4-7-10-13-16-37-25(28(31)40-34-37)22-19-23(26-29(32)41-35-38(26)17-14-11-8-5-2)21-24(20-22)27-30(33)42-36-39(27)18-15-12-9-6-3/h19-21H,4-18,31-33H2,1-3H3/q+3. The van der Waals surface area contributed by atoms with Crippen molar-refractivity contribution in [1.29, 1.82) is 0 Å². The van der Waals surface area contributed by atoms with E-state index in [-0.39, 0.29) is 17.7 Å². The second-order valence-electron chi connectivity index (χ2n) is 11.0. The van der Waals surface area contributed by atoms with E-state index in [1.54, 1.807) is 0 Å². The second-order valence-corrected chi connectivity index (χ2v) is 11.0. The van der Waals surface area contributed by atoms with Crippen LogP contribution in [-0.2, 0) is 19.6 Å². The van der Waals surface area contributed by atoms with E-state index in [9.17, 15) is 0 Å². The monoisotopic (exact) mass is 582 g/mol. The van der Waals surface area contributed by atoms with E-state index < -0.39 is 0 Å². The lowest BCUT2D eigenvalue weighted by Gasteiger charge is -2.04. The zero-order valence-electron chi connectivity index (χ0n) is 25.5. The SMILES string of the molecule is CCCCCC[n+]1noc(N)c1-c1cc(-c2c(N)on[n+]2CCCCCC)cc(-c2c(N)on[n+]2CCCCCC)c1. The third-order valence-corrected chi connectivity index (χ3v) is 7.61. The molecule has 0 unspecified atom stereocenters. The van der Waals surface area contributed by atoms with Crippen molar-refractivity contribution < 1.29 is 27.6 Å². The first-order valence-electron chi connectivity index (χ1n) is 15.6. The molecule has 4 rings (SSSR count). The maximum absolute atomic E-state index is 6.38. The Kier molecular flexibility index (Phi) is 11.3. The van der Waals surface area contributed by atoms with Gasteiger partial charge in [0.1, 0.15) is 0 Å². The van der Waals surface area contributed by atoms with Gasteiger partial charge in [-0.2, -0.15) is 0 Å². The zero-order chi connectivity index (χ0) is 29.9. The van der Waals surface area contributed by atoms with Crippen LogP contribution in [0.2, 0.25) is 0 Å². The molecular formula is C30H48N9O3+3. The Labute approximate surface area is 247 Å². The molecular weight excluding hydrogens is 534 g/mol. The van der Waals surface area contributed by atoms with Gasteiger partial charge >= 0.3 is 34.7 Å². The molecule has 3 aromatic heterocycles. The summed E-state index contributed by atoms with van der Waals surface area (Å²) in [6, 6.07) is 6.07. The number of unbranched alkanes of at least 4 members (excludes halogenated alkanes) is 9. The third kappa shape index (κ3) is 7.46. The number of nitrogens with two attached hydrogens (primary N) is 3. The van der Waals surface area contributed by atoms with Gasteiger partial charge in [-0.05, 0) is 51.5 Å². The molecule has 12 heteroatoms. The fraction of sp³-hybridized carbons (Fsp3) is 0.600. The Balaban J connectivity index is 1.80. The van der Waals surface area contributed by atoms with E-state index in [1.807, 2.05) is 32.2 Å². The summed E-state index contributed by atoms with van der Waals surface area (Å²) in [5.74, 6) is 0.722. The number of aryl methyl sites for hydroxylation is 3. The number of rotatable bonds is 18. The lowest BCUT2D eigenvalue weighted by molar-refractivity contribution is -0.753. The fourth-order valence-electron chi connectivity index (χ4n) is 5.35. The first-order valence-corrected chi connectivity index (χ1v) is 15.6. The summed E-state index contributed by atoms with van der Waals surface area (Å²) in [6.07, 6.45) is 13.2. The molecule has 0 amide bonds. The Morgan fingerprint density at radius 2 is 0.762 bits per heavy atom. The van der Waals surface area contributed by atoms with Gasteiger partial charge in [0.15, 0.2) is 19.6 Å². The summed E-state index contributed by atoms with van der Waals surface area (Å²) in [4.78, 5) is 0. The van der Waals surface area contributed by atoms with Crippen LogP contribution < -0.4 is 31.2 Å². The number of nitrogens with zero attached hydrogens (tertiary/aromatic N) is 6. The lowest BCUT2D eigenvalue weighted by Crippen LogP contribution is -2.39. The molecule has 0 saturated carbocycles. The summed E-state index contributed by atoms with van der Waals surface area (Å²) in [5.41, 5.74) is 23.7. The highest BCUT2D eigenvalue weighted by Gasteiger charge is 2.33. The van der Waals surface area contributed by atoms with Crippen molar-refractivity contribution in [1.82, 2.24) is 15.8 Å². The number of hydrogen-bond donors (Lipinski definition) is 3. The molecule has 228 valence electrons. The van der Waals surface area contributed by atoms with Crippen LogP contribution >= 0.6 is 0 Å². The van der Waals surface area contributed by atoms with Gasteiger partial charge in [-0.1, -0.05) is 59.3 Å². The minimum atomic E-state index is 0.241. The predicted octanol–water partition coefficient (Wildman–Crippen LogP) is 5.00. The van der Waals surface area contributed by atoms with Crippen LogP contribution in [0.3, 0.4) is 0 Å². The van der Waals surface area contributed by atoms with Crippen molar-refractivity contribution in [2.75, 3.05) is 17.2 Å². The predicted molar refractivity (Wildman–Crippen MR) is 159 cm³/mol. The average Bonchev–Trinajstić information content (AvgIpc) is 3.67. The number of anilines is 3. The Bertz CT molecular complexity index is 1230. The van der Waals surface area contributed by atoms with Crippen LogP contribution in [0.1, 0.15) is 97.8 Å².